The number of hydrogen-bond donors (Lipinski definition) is 1. The van der Waals surface area contributed by atoms with Crippen LogP contribution in [0.3, 0.4) is 0 Å². The van der Waals surface area contributed by atoms with E-state index in [0.29, 0.717) is 6.54 Å². The molecule has 0 amide bonds. The molecule has 4 nitrogen and oxygen atoms in total. The fourth-order valence-electron chi connectivity index (χ4n) is 1.73. The van der Waals surface area contributed by atoms with E-state index in [1.165, 1.54) is 7.11 Å². The maximum absolute atomic E-state index is 11.2. The van der Waals surface area contributed by atoms with Crippen molar-refractivity contribution in [3.8, 4) is 0 Å². The van der Waals surface area contributed by atoms with Crippen LogP contribution in [0.2, 0.25) is 0 Å². The summed E-state index contributed by atoms with van der Waals surface area (Å²) in [5, 5.41) is 3.29. The molecule has 1 N–H and O–H groups in total. The number of carbonyl (C=O) groups is 1. The van der Waals surface area contributed by atoms with Gasteiger partial charge in [-0.2, -0.15) is 0 Å². The quantitative estimate of drug-likeness (QED) is 0.735. The lowest BCUT2D eigenvalue weighted by atomic mass is 10.2. The SMILES string of the molecule is COC(=O)CN1CCNc2ccccc21. The fraction of sp³-hybridized carbons (Fsp3) is 0.364. The van der Waals surface area contributed by atoms with Crippen molar-refractivity contribution >= 4 is 17.3 Å². The first-order valence-corrected chi connectivity index (χ1v) is 4.96. The van der Waals surface area contributed by atoms with E-state index in [2.05, 4.69) is 10.1 Å². The average molecular weight is 206 g/mol. The van der Waals surface area contributed by atoms with Crippen LogP contribution in [-0.2, 0) is 9.53 Å². The van der Waals surface area contributed by atoms with E-state index >= 15 is 0 Å². The summed E-state index contributed by atoms with van der Waals surface area (Å²) in [7, 11) is 1.41. The Morgan fingerprint density at radius 3 is 3.13 bits per heavy atom. The summed E-state index contributed by atoms with van der Waals surface area (Å²) < 4.78 is 4.67. The first-order valence-electron chi connectivity index (χ1n) is 4.96. The highest BCUT2D eigenvalue weighted by Crippen LogP contribution is 2.27. The molecule has 0 saturated carbocycles. The molecule has 0 radical (unpaired) electrons. The summed E-state index contributed by atoms with van der Waals surface area (Å²) in [4.78, 5) is 13.2. The number of rotatable bonds is 2. The van der Waals surface area contributed by atoms with Gasteiger partial charge in [0.15, 0.2) is 0 Å². The van der Waals surface area contributed by atoms with E-state index in [-0.39, 0.29) is 5.97 Å². The molecule has 0 aliphatic carbocycles. The van der Waals surface area contributed by atoms with E-state index in [9.17, 15) is 4.79 Å². The van der Waals surface area contributed by atoms with Crippen LogP contribution in [0.5, 0.6) is 0 Å². The lowest BCUT2D eigenvalue weighted by Crippen LogP contribution is -2.38. The number of anilines is 2. The summed E-state index contributed by atoms with van der Waals surface area (Å²) in [6.07, 6.45) is 0. The highest BCUT2D eigenvalue weighted by Gasteiger charge is 2.18. The Kier molecular flexibility index (Phi) is 2.76. The van der Waals surface area contributed by atoms with Gasteiger partial charge in [0.2, 0.25) is 0 Å². The van der Waals surface area contributed by atoms with Gasteiger partial charge < -0.3 is 15.0 Å². The number of carbonyl (C=O) groups excluding carboxylic acids is 1. The van der Waals surface area contributed by atoms with Crippen LogP contribution in [0.15, 0.2) is 24.3 Å². The molecule has 15 heavy (non-hydrogen) atoms. The average Bonchev–Trinajstić information content (AvgIpc) is 2.29. The fourth-order valence-corrected chi connectivity index (χ4v) is 1.73. The van der Waals surface area contributed by atoms with Crippen LogP contribution in [0.4, 0.5) is 11.4 Å². The van der Waals surface area contributed by atoms with Crippen molar-refractivity contribution in [1.29, 1.82) is 0 Å². The van der Waals surface area contributed by atoms with Crippen LogP contribution in [0, 0.1) is 0 Å². The molecule has 2 rings (SSSR count). The summed E-state index contributed by atoms with van der Waals surface area (Å²) in [5.41, 5.74) is 2.14. The number of nitrogens with one attached hydrogen (secondary N) is 1. The number of ether oxygens (including phenoxy) is 1. The number of para-hydroxylation sites is 2. The van der Waals surface area contributed by atoms with Gasteiger partial charge in [-0.25, -0.2) is 0 Å². The van der Waals surface area contributed by atoms with E-state index in [4.69, 9.17) is 0 Å². The minimum atomic E-state index is -0.202. The third kappa shape index (κ3) is 2.03. The van der Waals surface area contributed by atoms with E-state index in [1.54, 1.807) is 0 Å². The molecule has 80 valence electrons. The zero-order chi connectivity index (χ0) is 10.7. The Morgan fingerprint density at radius 2 is 2.33 bits per heavy atom. The van der Waals surface area contributed by atoms with Gasteiger partial charge in [0.1, 0.15) is 6.54 Å². The van der Waals surface area contributed by atoms with Crippen molar-refractivity contribution in [3.05, 3.63) is 24.3 Å². The molecule has 1 aromatic carbocycles. The Labute approximate surface area is 88.8 Å². The Balaban J connectivity index is 2.18. The summed E-state index contributed by atoms with van der Waals surface area (Å²) in [6.45, 7) is 2.00. The molecule has 0 saturated heterocycles. The first kappa shape index (κ1) is 9.83. The van der Waals surface area contributed by atoms with Crippen molar-refractivity contribution in [2.24, 2.45) is 0 Å². The molecule has 1 heterocycles. The van der Waals surface area contributed by atoms with Gasteiger partial charge in [0.25, 0.3) is 0 Å². The van der Waals surface area contributed by atoms with Gasteiger partial charge in [-0.3, -0.25) is 4.79 Å². The van der Waals surface area contributed by atoms with Gasteiger partial charge in [-0.05, 0) is 12.1 Å². The van der Waals surface area contributed by atoms with Crippen LogP contribution in [0.25, 0.3) is 0 Å². The molecule has 0 bridgehead atoms. The molecule has 1 aliphatic heterocycles. The largest absolute Gasteiger partial charge is 0.468 e. The normalized spacial score (nSPS) is 14.1. The topological polar surface area (TPSA) is 41.6 Å². The Bertz CT molecular complexity index is 365. The predicted octanol–water partition coefficient (Wildman–Crippen LogP) is 1.09. The number of benzene rings is 1. The van der Waals surface area contributed by atoms with Gasteiger partial charge in [-0.1, -0.05) is 12.1 Å². The third-order valence-electron chi connectivity index (χ3n) is 2.49. The summed E-state index contributed by atoms with van der Waals surface area (Å²) in [5.74, 6) is -0.202. The monoisotopic (exact) mass is 206 g/mol. The maximum atomic E-state index is 11.2. The third-order valence-corrected chi connectivity index (χ3v) is 2.49. The Hall–Kier alpha value is -1.71. The van der Waals surface area contributed by atoms with Gasteiger partial charge >= 0.3 is 5.97 Å². The molecule has 0 spiro atoms. The molecule has 0 fully saturated rings. The van der Waals surface area contributed by atoms with Crippen molar-refractivity contribution in [2.75, 3.05) is 37.0 Å². The number of fused-ring (bicyclic) bond motifs is 1. The van der Waals surface area contributed by atoms with E-state index in [1.807, 2.05) is 29.2 Å². The van der Waals surface area contributed by atoms with E-state index in [0.717, 1.165) is 24.5 Å². The molecule has 0 unspecified atom stereocenters. The second-order valence-corrected chi connectivity index (χ2v) is 3.44. The number of hydrogen-bond acceptors (Lipinski definition) is 4. The van der Waals surface area contributed by atoms with Crippen molar-refractivity contribution < 1.29 is 9.53 Å². The molecular formula is C11H14N2O2. The van der Waals surface area contributed by atoms with Gasteiger partial charge in [0.05, 0.1) is 18.5 Å². The highest BCUT2D eigenvalue weighted by atomic mass is 16.5. The lowest BCUT2D eigenvalue weighted by molar-refractivity contribution is -0.138. The van der Waals surface area contributed by atoms with Gasteiger partial charge in [0, 0.05) is 13.1 Å². The smallest absolute Gasteiger partial charge is 0.325 e. The van der Waals surface area contributed by atoms with Crippen LogP contribution >= 0.6 is 0 Å². The van der Waals surface area contributed by atoms with Crippen LogP contribution in [-0.4, -0.2) is 32.7 Å². The number of nitrogens with zero attached hydrogens (tertiary/aromatic N) is 1. The lowest BCUT2D eigenvalue weighted by Gasteiger charge is -2.30. The molecule has 0 aromatic heterocycles. The molecule has 4 heteroatoms. The zero-order valence-corrected chi connectivity index (χ0v) is 8.69. The minimum Gasteiger partial charge on any atom is -0.468 e. The highest BCUT2D eigenvalue weighted by molar-refractivity contribution is 5.80. The van der Waals surface area contributed by atoms with Crippen LogP contribution < -0.4 is 10.2 Å². The second kappa shape index (κ2) is 4.21. The standard InChI is InChI=1S/C11H14N2O2/c1-15-11(14)8-13-7-6-12-9-4-2-3-5-10(9)13/h2-5,12H,6-8H2,1H3. The number of methoxy groups -OCH3 is 1. The summed E-state index contributed by atoms with van der Waals surface area (Å²) >= 11 is 0. The van der Waals surface area contributed by atoms with Crippen molar-refractivity contribution in [3.63, 3.8) is 0 Å². The maximum Gasteiger partial charge on any atom is 0.325 e. The molecule has 1 aliphatic rings. The minimum absolute atomic E-state index is 0.202. The van der Waals surface area contributed by atoms with Crippen molar-refractivity contribution in [2.45, 2.75) is 0 Å². The Morgan fingerprint density at radius 1 is 1.53 bits per heavy atom. The predicted molar refractivity (Wildman–Crippen MR) is 59.2 cm³/mol. The zero-order valence-electron chi connectivity index (χ0n) is 8.69. The first-order chi connectivity index (χ1) is 7.31. The van der Waals surface area contributed by atoms with Crippen LogP contribution in [0.1, 0.15) is 0 Å². The molecule has 1 aromatic rings. The van der Waals surface area contributed by atoms with Crippen molar-refractivity contribution in [1.82, 2.24) is 0 Å². The molecule has 0 atom stereocenters. The number of esters is 1. The van der Waals surface area contributed by atoms with Gasteiger partial charge in [-0.15, -0.1) is 0 Å². The summed E-state index contributed by atoms with van der Waals surface area (Å²) in [6, 6.07) is 7.97. The van der Waals surface area contributed by atoms with E-state index < -0.39 is 0 Å². The molecular weight excluding hydrogens is 192 g/mol. The second-order valence-electron chi connectivity index (χ2n) is 3.44.